The van der Waals surface area contributed by atoms with Gasteiger partial charge in [0.2, 0.25) is 0 Å². The molecule has 0 amide bonds. The van der Waals surface area contributed by atoms with Crippen LogP contribution < -0.4 is 10.1 Å². The summed E-state index contributed by atoms with van der Waals surface area (Å²) >= 11 is 2.25. The van der Waals surface area contributed by atoms with Gasteiger partial charge in [-0.05, 0) is 46.7 Å². The summed E-state index contributed by atoms with van der Waals surface area (Å²) in [6, 6.07) is 7.99. The molecular formula is C15H18IN3O. The van der Waals surface area contributed by atoms with Gasteiger partial charge in [0, 0.05) is 19.2 Å². The zero-order valence-electron chi connectivity index (χ0n) is 11.7. The van der Waals surface area contributed by atoms with Crippen molar-refractivity contribution in [1.29, 1.82) is 0 Å². The molecule has 4 nitrogen and oxygen atoms in total. The fourth-order valence-corrected chi connectivity index (χ4v) is 2.27. The standard InChI is InChI=1S/C15H18IN3O/c1-3-7-17-15-13(16)10-18-14(19-15)9-11-5-4-6-12(8-11)20-2/h4-6,8,10H,3,7,9H2,1-2H3,(H,17,18,19). The van der Waals surface area contributed by atoms with Crippen LogP contribution in [0.5, 0.6) is 5.75 Å². The third kappa shape index (κ3) is 4.06. The lowest BCUT2D eigenvalue weighted by atomic mass is 10.1. The molecule has 1 aromatic heterocycles. The molecular weight excluding hydrogens is 365 g/mol. The van der Waals surface area contributed by atoms with E-state index in [0.29, 0.717) is 6.42 Å². The summed E-state index contributed by atoms with van der Waals surface area (Å²) in [6.07, 6.45) is 3.64. The number of methoxy groups -OCH3 is 1. The van der Waals surface area contributed by atoms with E-state index < -0.39 is 0 Å². The Balaban J connectivity index is 2.16. The minimum atomic E-state index is 0.703. The van der Waals surface area contributed by atoms with Crippen molar-refractivity contribution in [3.8, 4) is 5.75 Å². The summed E-state index contributed by atoms with van der Waals surface area (Å²) in [6.45, 7) is 3.06. The summed E-state index contributed by atoms with van der Waals surface area (Å²) in [5, 5.41) is 3.33. The van der Waals surface area contributed by atoms with Crippen molar-refractivity contribution in [3.05, 3.63) is 45.4 Å². The molecule has 20 heavy (non-hydrogen) atoms. The molecule has 0 aliphatic heterocycles. The van der Waals surface area contributed by atoms with Gasteiger partial charge in [-0.2, -0.15) is 0 Å². The SMILES string of the molecule is CCCNc1nc(Cc2cccc(OC)c2)ncc1I. The van der Waals surface area contributed by atoms with Crippen molar-refractivity contribution in [2.45, 2.75) is 19.8 Å². The lowest BCUT2D eigenvalue weighted by Crippen LogP contribution is -2.07. The van der Waals surface area contributed by atoms with Gasteiger partial charge in [-0.15, -0.1) is 0 Å². The van der Waals surface area contributed by atoms with E-state index in [4.69, 9.17) is 4.74 Å². The van der Waals surface area contributed by atoms with Crippen LogP contribution in [-0.2, 0) is 6.42 Å². The summed E-state index contributed by atoms with van der Waals surface area (Å²) in [7, 11) is 1.67. The number of halogens is 1. The number of nitrogens with one attached hydrogen (secondary N) is 1. The van der Waals surface area contributed by atoms with E-state index in [0.717, 1.165) is 39.5 Å². The molecule has 0 spiro atoms. The number of ether oxygens (including phenoxy) is 1. The number of anilines is 1. The fourth-order valence-electron chi connectivity index (χ4n) is 1.82. The van der Waals surface area contributed by atoms with Crippen molar-refractivity contribution in [2.75, 3.05) is 19.0 Å². The van der Waals surface area contributed by atoms with Crippen LogP contribution >= 0.6 is 22.6 Å². The minimum Gasteiger partial charge on any atom is -0.497 e. The minimum absolute atomic E-state index is 0.703. The van der Waals surface area contributed by atoms with Gasteiger partial charge in [0.1, 0.15) is 17.4 Å². The smallest absolute Gasteiger partial charge is 0.143 e. The second-order valence-electron chi connectivity index (χ2n) is 4.44. The summed E-state index contributed by atoms with van der Waals surface area (Å²) < 4.78 is 6.28. The molecule has 5 heteroatoms. The first kappa shape index (κ1) is 15.0. The van der Waals surface area contributed by atoms with E-state index in [-0.39, 0.29) is 0 Å². The molecule has 1 N–H and O–H groups in total. The number of hydrogen-bond acceptors (Lipinski definition) is 4. The second-order valence-corrected chi connectivity index (χ2v) is 5.60. The van der Waals surface area contributed by atoms with Gasteiger partial charge >= 0.3 is 0 Å². The molecule has 0 fully saturated rings. The Labute approximate surface area is 133 Å². The molecule has 0 aliphatic carbocycles. The third-order valence-corrected chi connectivity index (χ3v) is 3.62. The Kier molecular flexibility index (Phi) is 5.58. The van der Waals surface area contributed by atoms with Gasteiger partial charge in [-0.3, -0.25) is 0 Å². The van der Waals surface area contributed by atoms with Crippen molar-refractivity contribution in [1.82, 2.24) is 9.97 Å². The molecule has 106 valence electrons. The first-order valence-electron chi connectivity index (χ1n) is 6.61. The van der Waals surface area contributed by atoms with Crippen molar-refractivity contribution in [3.63, 3.8) is 0 Å². The molecule has 0 bridgehead atoms. The van der Waals surface area contributed by atoms with Gasteiger partial charge in [0.25, 0.3) is 0 Å². The quantitative estimate of drug-likeness (QED) is 0.776. The van der Waals surface area contributed by atoms with Crippen molar-refractivity contribution >= 4 is 28.4 Å². The van der Waals surface area contributed by atoms with Crippen LogP contribution in [0, 0.1) is 3.57 Å². The fraction of sp³-hybridized carbons (Fsp3) is 0.333. The summed E-state index contributed by atoms with van der Waals surface area (Å²) in [5.41, 5.74) is 1.15. The van der Waals surface area contributed by atoms with E-state index >= 15 is 0 Å². The maximum Gasteiger partial charge on any atom is 0.143 e. The van der Waals surface area contributed by atoms with E-state index in [1.54, 1.807) is 7.11 Å². The van der Waals surface area contributed by atoms with E-state index in [9.17, 15) is 0 Å². The Hall–Kier alpha value is -1.37. The average Bonchev–Trinajstić information content (AvgIpc) is 2.48. The average molecular weight is 383 g/mol. The number of rotatable bonds is 6. The summed E-state index contributed by atoms with van der Waals surface area (Å²) in [4.78, 5) is 8.99. The summed E-state index contributed by atoms with van der Waals surface area (Å²) in [5.74, 6) is 2.59. The van der Waals surface area contributed by atoms with Gasteiger partial charge < -0.3 is 10.1 Å². The van der Waals surface area contributed by atoms with Crippen LogP contribution in [0.4, 0.5) is 5.82 Å². The highest BCUT2D eigenvalue weighted by Gasteiger charge is 2.06. The Morgan fingerprint density at radius 2 is 2.20 bits per heavy atom. The monoisotopic (exact) mass is 383 g/mol. The molecule has 0 radical (unpaired) electrons. The third-order valence-electron chi connectivity index (χ3n) is 2.83. The highest BCUT2D eigenvalue weighted by molar-refractivity contribution is 14.1. The predicted octanol–water partition coefficient (Wildman–Crippen LogP) is 3.50. The zero-order valence-corrected chi connectivity index (χ0v) is 13.8. The van der Waals surface area contributed by atoms with Gasteiger partial charge in [0.05, 0.1) is 10.7 Å². The van der Waals surface area contributed by atoms with E-state index in [1.165, 1.54) is 0 Å². The van der Waals surface area contributed by atoms with Crippen LogP contribution in [-0.4, -0.2) is 23.6 Å². The molecule has 0 aliphatic rings. The largest absolute Gasteiger partial charge is 0.497 e. The molecule has 2 aromatic rings. The van der Waals surface area contributed by atoms with Gasteiger partial charge in [-0.25, -0.2) is 9.97 Å². The number of hydrogen-bond donors (Lipinski definition) is 1. The van der Waals surface area contributed by atoms with Crippen molar-refractivity contribution < 1.29 is 4.74 Å². The van der Waals surface area contributed by atoms with Crippen LogP contribution in [0.1, 0.15) is 24.7 Å². The van der Waals surface area contributed by atoms with Gasteiger partial charge in [0.15, 0.2) is 0 Å². The van der Waals surface area contributed by atoms with Crippen LogP contribution in [0.2, 0.25) is 0 Å². The molecule has 0 saturated heterocycles. The first-order chi connectivity index (χ1) is 9.72. The Morgan fingerprint density at radius 1 is 1.35 bits per heavy atom. The molecule has 1 aromatic carbocycles. The van der Waals surface area contributed by atoms with Crippen LogP contribution in [0.3, 0.4) is 0 Å². The highest BCUT2D eigenvalue weighted by Crippen LogP contribution is 2.18. The molecule has 2 rings (SSSR count). The lowest BCUT2D eigenvalue weighted by Gasteiger charge is -2.08. The van der Waals surface area contributed by atoms with Crippen LogP contribution in [0.15, 0.2) is 30.5 Å². The molecule has 0 atom stereocenters. The Morgan fingerprint density at radius 3 is 2.95 bits per heavy atom. The first-order valence-corrected chi connectivity index (χ1v) is 7.69. The van der Waals surface area contributed by atoms with E-state index in [1.807, 2.05) is 24.4 Å². The van der Waals surface area contributed by atoms with E-state index in [2.05, 4.69) is 50.9 Å². The van der Waals surface area contributed by atoms with Crippen LogP contribution in [0.25, 0.3) is 0 Å². The number of benzene rings is 1. The highest BCUT2D eigenvalue weighted by atomic mass is 127. The molecule has 1 heterocycles. The maximum absolute atomic E-state index is 5.23. The normalized spacial score (nSPS) is 10.3. The molecule has 0 saturated carbocycles. The van der Waals surface area contributed by atoms with Crippen molar-refractivity contribution in [2.24, 2.45) is 0 Å². The predicted molar refractivity (Wildman–Crippen MR) is 89.3 cm³/mol. The number of nitrogens with zero attached hydrogens (tertiary/aromatic N) is 2. The topological polar surface area (TPSA) is 47.0 Å². The maximum atomic E-state index is 5.23. The number of aromatic nitrogens is 2. The van der Waals surface area contributed by atoms with Gasteiger partial charge in [-0.1, -0.05) is 19.1 Å². The second kappa shape index (κ2) is 7.42. The lowest BCUT2D eigenvalue weighted by molar-refractivity contribution is 0.414. The Bertz CT molecular complexity index is 575. The molecule has 0 unspecified atom stereocenters. The zero-order chi connectivity index (χ0) is 14.4.